The van der Waals surface area contributed by atoms with Gasteiger partial charge in [0.1, 0.15) is 11.2 Å². The molecule has 0 bridgehead atoms. The summed E-state index contributed by atoms with van der Waals surface area (Å²) in [6.07, 6.45) is 5.09. The molecule has 19 heavy (non-hydrogen) atoms. The number of hydrogen-bond donors (Lipinski definition) is 1. The molecule has 3 rings (SSSR count). The molecule has 3 aromatic rings. The van der Waals surface area contributed by atoms with Crippen molar-refractivity contribution in [1.29, 1.82) is 0 Å². The van der Waals surface area contributed by atoms with Crippen molar-refractivity contribution >= 4 is 21.6 Å². The fraction of sp³-hybridized carbons (Fsp3) is 0.214. The van der Waals surface area contributed by atoms with Crippen LogP contribution < -0.4 is 5.73 Å². The van der Waals surface area contributed by atoms with Crippen LogP contribution in [0.15, 0.2) is 30.9 Å². The van der Waals surface area contributed by atoms with Gasteiger partial charge in [-0.2, -0.15) is 0 Å². The van der Waals surface area contributed by atoms with Crippen molar-refractivity contribution in [3.05, 3.63) is 52.6 Å². The van der Waals surface area contributed by atoms with Gasteiger partial charge in [0.25, 0.3) is 0 Å². The largest absolute Gasteiger partial charge is 0.319 e. The minimum atomic E-state index is -0.249. The van der Waals surface area contributed by atoms with Crippen LogP contribution in [0, 0.1) is 13.8 Å². The van der Waals surface area contributed by atoms with Crippen LogP contribution in [-0.2, 0) is 0 Å². The van der Waals surface area contributed by atoms with Crippen molar-refractivity contribution in [2.75, 3.05) is 0 Å². The third-order valence-corrected chi connectivity index (χ3v) is 4.47. The lowest BCUT2D eigenvalue weighted by molar-refractivity contribution is 0.831. The van der Waals surface area contributed by atoms with Gasteiger partial charge in [0.05, 0.1) is 11.7 Å². The molecule has 3 aromatic heterocycles. The molecule has 0 aliphatic heterocycles. The lowest BCUT2D eigenvalue weighted by Crippen LogP contribution is -2.14. The molecule has 0 saturated heterocycles. The van der Waals surface area contributed by atoms with E-state index in [4.69, 9.17) is 5.73 Å². The minimum absolute atomic E-state index is 0.249. The number of hydrogen-bond acceptors (Lipinski definition) is 5. The average molecular weight is 270 g/mol. The molecule has 0 spiro atoms. The summed E-state index contributed by atoms with van der Waals surface area (Å²) < 4.78 is 0. The molecule has 0 amide bonds. The van der Waals surface area contributed by atoms with Crippen LogP contribution in [-0.4, -0.2) is 15.0 Å². The minimum Gasteiger partial charge on any atom is -0.319 e. The predicted molar refractivity (Wildman–Crippen MR) is 77.2 cm³/mol. The molecule has 0 fully saturated rings. The molecule has 0 aliphatic rings. The zero-order valence-corrected chi connectivity index (χ0v) is 11.6. The Morgan fingerprint density at radius 3 is 2.63 bits per heavy atom. The normalized spacial score (nSPS) is 12.8. The van der Waals surface area contributed by atoms with Crippen LogP contribution in [0.2, 0.25) is 0 Å². The van der Waals surface area contributed by atoms with Gasteiger partial charge < -0.3 is 5.73 Å². The molecule has 0 radical (unpaired) electrons. The highest BCUT2D eigenvalue weighted by atomic mass is 32.1. The lowest BCUT2D eigenvalue weighted by atomic mass is 10.0. The summed E-state index contributed by atoms with van der Waals surface area (Å²) in [4.78, 5) is 15.0. The summed E-state index contributed by atoms with van der Waals surface area (Å²) in [5, 5.41) is 1.09. The molecular formula is C14H14N4S. The van der Waals surface area contributed by atoms with E-state index in [2.05, 4.69) is 28.8 Å². The Morgan fingerprint density at radius 2 is 1.89 bits per heavy atom. The number of nitrogens with two attached hydrogens (primary N) is 1. The van der Waals surface area contributed by atoms with Gasteiger partial charge in [-0.1, -0.05) is 0 Å². The summed E-state index contributed by atoms with van der Waals surface area (Å²) in [6.45, 7) is 4.20. The Kier molecular flexibility index (Phi) is 3.00. The van der Waals surface area contributed by atoms with Crippen molar-refractivity contribution in [3.63, 3.8) is 0 Å². The zero-order chi connectivity index (χ0) is 13.4. The fourth-order valence-corrected chi connectivity index (χ4v) is 3.18. The van der Waals surface area contributed by atoms with E-state index in [-0.39, 0.29) is 6.04 Å². The summed E-state index contributed by atoms with van der Waals surface area (Å²) in [5.41, 5.74) is 9.47. The quantitative estimate of drug-likeness (QED) is 0.777. The van der Waals surface area contributed by atoms with Crippen molar-refractivity contribution in [3.8, 4) is 0 Å². The van der Waals surface area contributed by atoms with Crippen LogP contribution in [0.25, 0.3) is 10.2 Å². The molecular weight excluding hydrogens is 256 g/mol. The maximum atomic E-state index is 6.35. The van der Waals surface area contributed by atoms with E-state index in [9.17, 15) is 0 Å². The Labute approximate surface area is 115 Å². The average Bonchev–Trinajstić information content (AvgIpc) is 2.74. The van der Waals surface area contributed by atoms with E-state index >= 15 is 0 Å². The molecule has 0 saturated carbocycles. The van der Waals surface area contributed by atoms with Gasteiger partial charge in [-0.15, -0.1) is 11.3 Å². The smallest absolute Gasteiger partial charge is 0.127 e. The molecule has 2 N–H and O–H groups in total. The number of rotatable bonds is 2. The number of nitrogens with zero attached hydrogens (tertiary/aromatic N) is 3. The van der Waals surface area contributed by atoms with Crippen LogP contribution in [0.3, 0.4) is 0 Å². The Hall–Kier alpha value is -1.85. The Morgan fingerprint density at radius 1 is 1.16 bits per heavy atom. The molecule has 1 unspecified atom stereocenters. The molecule has 4 nitrogen and oxygen atoms in total. The fourth-order valence-electron chi connectivity index (χ4n) is 2.17. The van der Waals surface area contributed by atoms with Crippen LogP contribution in [0.5, 0.6) is 0 Å². The monoisotopic (exact) mass is 270 g/mol. The lowest BCUT2D eigenvalue weighted by Gasteiger charge is -2.12. The first-order valence-corrected chi connectivity index (χ1v) is 6.86. The van der Waals surface area contributed by atoms with E-state index < -0.39 is 0 Å². The van der Waals surface area contributed by atoms with E-state index in [0.29, 0.717) is 0 Å². The van der Waals surface area contributed by atoms with Crippen molar-refractivity contribution in [2.45, 2.75) is 19.9 Å². The van der Waals surface area contributed by atoms with Gasteiger partial charge >= 0.3 is 0 Å². The van der Waals surface area contributed by atoms with Gasteiger partial charge in [-0.3, -0.25) is 4.98 Å². The van der Waals surface area contributed by atoms with Gasteiger partial charge in [0, 0.05) is 22.7 Å². The zero-order valence-electron chi connectivity index (χ0n) is 10.8. The maximum absolute atomic E-state index is 6.35. The molecule has 1 atom stereocenters. The van der Waals surface area contributed by atoms with Gasteiger partial charge in [0.15, 0.2) is 0 Å². The van der Waals surface area contributed by atoms with Gasteiger partial charge in [-0.25, -0.2) is 9.97 Å². The second-order valence-electron chi connectivity index (χ2n) is 4.48. The number of aryl methyl sites for hydroxylation is 2. The Bertz CT molecular complexity index is 721. The summed E-state index contributed by atoms with van der Waals surface area (Å²) in [7, 11) is 0. The van der Waals surface area contributed by atoms with Crippen LogP contribution in [0.1, 0.15) is 27.7 Å². The summed E-state index contributed by atoms with van der Waals surface area (Å²) >= 11 is 1.69. The molecule has 0 aromatic carbocycles. The third-order valence-electron chi connectivity index (χ3n) is 3.35. The standard InChI is InChI=1S/C14H14N4S/c1-8-9(2)19-14-11(8)13(17-7-18-14)12(15)10-3-5-16-6-4-10/h3-7,12H,15H2,1-2H3. The third kappa shape index (κ3) is 2.01. The van der Waals surface area contributed by atoms with E-state index in [1.54, 1.807) is 30.1 Å². The van der Waals surface area contributed by atoms with E-state index in [0.717, 1.165) is 21.5 Å². The first kappa shape index (κ1) is 12.2. The summed E-state index contributed by atoms with van der Waals surface area (Å²) in [5.74, 6) is 0. The van der Waals surface area contributed by atoms with Crippen molar-refractivity contribution in [2.24, 2.45) is 5.73 Å². The second kappa shape index (κ2) is 4.68. The van der Waals surface area contributed by atoms with Gasteiger partial charge in [0.2, 0.25) is 0 Å². The topological polar surface area (TPSA) is 64.7 Å². The van der Waals surface area contributed by atoms with Gasteiger partial charge in [-0.05, 0) is 37.1 Å². The van der Waals surface area contributed by atoms with Crippen LogP contribution in [0.4, 0.5) is 0 Å². The van der Waals surface area contributed by atoms with E-state index in [1.807, 2.05) is 12.1 Å². The first-order valence-electron chi connectivity index (χ1n) is 6.04. The molecule has 0 aliphatic carbocycles. The summed E-state index contributed by atoms with van der Waals surface area (Å²) in [6, 6.07) is 3.60. The predicted octanol–water partition coefficient (Wildman–Crippen LogP) is 2.75. The number of thiophene rings is 1. The first-order chi connectivity index (χ1) is 9.18. The number of fused-ring (bicyclic) bond motifs is 1. The molecule has 5 heteroatoms. The van der Waals surface area contributed by atoms with Crippen molar-refractivity contribution in [1.82, 2.24) is 15.0 Å². The molecule has 3 heterocycles. The highest BCUT2D eigenvalue weighted by Crippen LogP contribution is 2.33. The second-order valence-corrected chi connectivity index (χ2v) is 5.68. The SMILES string of the molecule is Cc1sc2ncnc(C(N)c3ccncc3)c2c1C. The maximum Gasteiger partial charge on any atom is 0.127 e. The number of aromatic nitrogens is 3. The Balaban J connectivity index is 2.20. The highest BCUT2D eigenvalue weighted by Gasteiger charge is 2.18. The van der Waals surface area contributed by atoms with Crippen LogP contribution >= 0.6 is 11.3 Å². The van der Waals surface area contributed by atoms with Crippen molar-refractivity contribution < 1.29 is 0 Å². The number of pyridine rings is 1. The molecule has 96 valence electrons. The highest BCUT2D eigenvalue weighted by molar-refractivity contribution is 7.18. The van der Waals surface area contributed by atoms with E-state index in [1.165, 1.54) is 10.4 Å².